The lowest BCUT2D eigenvalue weighted by molar-refractivity contribution is 0.262. The van der Waals surface area contributed by atoms with Crippen molar-refractivity contribution < 1.29 is 4.21 Å². The van der Waals surface area contributed by atoms with Gasteiger partial charge in [0.05, 0.1) is 0 Å². The van der Waals surface area contributed by atoms with Gasteiger partial charge in [0.25, 0.3) is 0 Å². The van der Waals surface area contributed by atoms with Gasteiger partial charge in [-0.25, -0.2) is 0 Å². The standard InChI is InChI=1S/C13H26N2OS/c1-11(2)15-6-3-12(10-15)9-14-13-4-7-17(16)8-5-13/h11-14H,3-10H2,1-2H3. The summed E-state index contributed by atoms with van der Waals surface area (Å²) in [6, 6.07) is 1.32. The van der Waals surface area contributed by atoms with Crippen LogP contribution in [-0.4, -0.2) is 52.3 Å². The molecule has 2 heterocycles. The number of rotatable bonds is 4. The van der Waals surface area contributed by atoms with Gasteiger partial charge in [-0.3, -0.25) is 4.21 Å². The van der Waals surface area contributed by atoms with Crippen LogP contribution in [0.15, 0.2) is 0 Å². The molecule has 2 rings (SSSR count). The fraction of sp³-hybridized carbons (Fsp3) is 1.00. The maximum Gasteiger partial charge on any atom is 0.0249 e. The molecule has 0 aromatic carbocycles. The molecule has 2 aliphatic heterocycles. The summed E-state index contributed by atoms with van der Waals surface area (Å²) in [5.41, 5.74) is 0. The molecule has 1 unspecified atom stereocenters. The maximum atomic E-state index is 11.3. The first-order chi connectivity index (χ1) is 8.15. The fourth-order valence-corrected chi connectivity index (χ4v) is 4.13. The Hall–Kier alpha value is 0.0700. The molecule has 17 heavy (non-hydrogen) atoms. The second-order valence-corrected chi connectivity index (χ2v) is 7.47. The van der Waals surface area contributed by atoms with E-state index in [1.54, 1.807) is 0 Å². The maximum absolute atomic E-state index is 11.3. The Morgan fingerprint density at radius 2 is 2.00 bits per heavy atom. The van der Waals surface area contributed by atoms with Gasteiger partial charge in [-0.05, 0) is 52.1 Å². The highest BCUT2D eigenvalue weighted by molar-refractivity contribution is 7.85. The third-order valence-corrected chi connectivity index (χ3v) is 5.51. The van der Waals surface area contributed by atoms with Gasteiger partial charge in [-0.1, -0.05) is 0 Å². The Morgan fingerprint density at radius 1 is 1.29 bits per heavy atom. The first-order valence-corrected chi connectivity index (χ1v) is 8.46. The highest BCUT2D eigenvalue weighted by Crippen LogP contribution is 2.18. The second-order valence-electron chi connectivity index (χ2n) is 5.77. The van der Waals surface area contributed by atoms with Crippen LogP contribution in [-0.2, 0) is 10.8 Å². The lowest BCUT2D eigenvalue weighted by atomic mass is 10.1. The molecule has 0 aliphatic carbocycles. The number of hydrogen-bond acceptors (Lipinski definition) is 3. The van der Waals surface area contributed by atoms with Crippen molar-refractivity contribution in [2.45, 2.75) is 45.2 Å². The van der Waals surface area contributed by atoms with E-state index in [1.807, 2.05) is 0 Å². The molecule has 1 N–H and O–H groups in total. The molecule has 2 saturated heterocycles. The van der Waals surface area contributed by atoms with E-state index in [1.165, 1.54) is 19.5 Å². The predicted molar refractivity (Wildman–Crippen MR) is 73.7 cm³/mol. The normalized spacial score (nSPS) is 35.6. The van der Waals surface area contributed by atoms with Crippen molar-refractivity contribution in [2.75, 3.05) is 31.1 Å². The van der Waals surface area contributed by atoms with E-state index in [-0.39, 0.29) is 0 Å². The number of nitrogens with one attached hydrogen (secondary N) is 1. The van der Waals surface area contributed by atoms with Crippen LogP contribution in [0.4, 0.5) is 0 Å². The highest BCUT2D eigenvalue weighted by atomic mass is 32.2. The SMILES string of the molecule is CC(C)N1CCC(CNC2CCS(=O)CC2)C1. The van der Waals surface area contributed by atoms with Crippen LogP contribution in [0.5, 0.6) is 0 Å². The number of likely N-dealkylation sites (tertiary alicyclic amines) is 1. The monoisotopic (exact) mass is 258 g/mol. The Balaban J connectivity index is 1.64. The molecule has 0 bridgehead atoms. The molecule has 2 fully saturated rings. The van der Waals surface area contributed by atoms with Gasteiger partial charge in [0, 0.05) is 40.9 Å². The summed E-state index contributed by atoms with van der Waals surface area (Å²) in [6.45, 7) is 8.24. The van der Waals surface area contributed by atoms with Crippen molar-refractivity contribution in [2.24, 2.45) is 5.92 Å². The number of hydrogen-bond donors (Lipinski definition) is 1. The molecular weight excluding hydrogens is 232 g/mol. The zero-order valence-corrected chi connectivity index (χ0v) is 12.0. The molecule has 0 radical (unpaired) electrons. The summed E-state index contributed by atoms with van der Waals surface area (Å²) in [4.78, 5) is 2.57. The van der Waals surface area contributed by atoms with Crippen molar-refractivity contribution in [1.82, 2.24) is 10.2 Å². The Kier molecular flexibility index (Phi) is 5.00. The van der Waals surface area contributed by atoms with E-state index in [4.69, 9.17) is 0 Å². The predicted octanol–water partition coefficient (Wildman–Crippen LogP) is 1.22. The molecule has 100 valence electrons. The summed E-state index contributed by atoms with van der Waals surface area (Å²) in [6.07, 6.45) is 3.55. The summed E-state index contributed by atoms with van der Waals surface area (Å²) in [7, 11) is -0.527. The van der Waals surface area contributed by atoms with Crippen LogP contribution >= 0.6 is 0 Å². The zero-order chi connectivity index (χ0) is 12.3. The summed E-state index contributed by atoms with van der Waals surface area (Å²) in [5, 5.41) is 3.68. The highest BCUT2D eigenvalue weighted by Gasteiger charge is 2.25. The summed E-state index contributed by atoms with van der Waals surface area (Å²) < 4.78 is 11.3. The van der Waals surface area contributed by atoms with Crippen molar-refractivity contribution in [3.8, 4) is 0 Å². The van der Waals surface area contributed by atoms with Gasteiger partial charge < -0.3 is 10.2 Å². The summed E-state index contributed by atoms with van der Waals surface area (Å²) in [5.74, 6) is 2.63. The first kappa shape index (κ1) is 13.5. The smallest absolute Gasteiger partial charge is 0.0249 e. The average Bonchev–Trinajstić information content (AvgIpc) is 2.77. The molecule has 4 heteroatoms. The van der Waals surface area contributed by atoms with E-state index in [9.17, 15) is 4.21 Å². The van der Waals surface area contributed by atoms with Gasteiger partial charge >= 0.3 is 0 Å². The van der Waals surface area contributed by atoms with E-state index in [0.29, 0.717) is 12.1 Å². The van der Waals surface area contributed by atoms with Gasteiger partial charge in [0.1, 0.15) is 0 Å². The van der Waals surface area contributed by atoms with Gasteiger partial charge in [-0.15, -0.1) is 0 Å². The zero-order valence-electron chi connectivity index (χ0n) is 11.2. The molecule has 0 spiro atoms. The average molecular weight is 258 g/mol. The molecule has 0 saturated carbocycles. The summed E-state index contributed by atoms with van der Waals surface area (Å²) >= 11 is 0. The van der Waals surface area contributed by atoms with Crippen LogP contribution in [0, 0.1) is 5.92 Å². The van der Waals surface area contributed by atoms with Crippen molar-refractivity contribution >= 4 is 10.8 Å². The van der Waals surface area contributed by atoms with Crippen LogP contribution in [0.3, 0.4) is 0 Å². The van der Waals surface area contributed by atoms with E-state index < -0.39 is 10.8 Å². The minimum atomic E-state index is -0.527. The van der Waals surface area contributed by atoms with E-state index in [2.05, 4.69) is 24.1 Å². The van der Waals surface area contributed by atoms with E-state index >= 15 is 0 Å². The largest absolute Gasteiger partial charge is 0.314 e. The second kappa shape index (κ2) is 6.30. The molecular formula is C13H26N2OS. The lowest BCUT2D eigenvalue weighted by Crippen LogP contribution is -2.39. The van der Waals surface area contributed by atoms with Gasteiger partial charge in [0.2, 0.25) is 0 Å². The van der Waals surface area contributed by atoms with Gasteiger partial charge in [0.15, 0.2) is 0 Å². The minimum absolute atomic E-state index is 0.527. The van der Waals surface area contributed by atoms with Crippen LogP contribution < -0.4 is 5.32 Å². The van der Waals surface area contributed by atoms with Crippen molar-refractivity contribution in [3.05, 3.63) is 0 Å². The molecule has 0 amide bonds. The van der Waals surface area contributed by atoms with Crippen molar-refractivity contribution in [3.63, 3.8) is 0 Å². The third kappa shape index (κ3) is 4.04. The van der Waals surface area contributed by atoms with Gasteiger partial charge in [-0.2, -0.15) is 0 Å². The quantitative estimate of drug-likeness (QED) is 0.823. The van der Waals surface area contributed by atoms with Crippen LogP contribution in [0.1, 0.15) is 33.1 Å². The first-order valence-electron chi connectivity index (χ1n) is 6.97. The molecule has 1 atom stereocenters. The minimum Gasteiger partial charge on any atom is -0.314 e. The molecule has 3 nitrogen and oxygen atoms in total. The van der Waals surface area contributed by atoms with Crippen LogP contribution in [0.25, 0.3) is 0 Å². The fourth-order valence-electron chi connectivity index (χ4n) is 2.83. The Bertz CT molecular complexity index is 260. The molecule has 2 aliphatic rings. The Morgan fingerprint density at radius 3 is 2.59 bits per heavy atom. The molecule has 0 aromatic heterocycles. The topological polar surface area (TPSA) is 32.3 Å². The number of nitrogens with zero attached hydrogens (tertiary/aromatic N) is 1. The van der Waals surface area contributed by atoms with Crippen molar-refractivity contribution in [1.29, 1.82) is 0 Å². The third-order valence-electron chi connectivity index (χ3n) is 4.13. The van der Waals surface area contributed by atoms with Crippen LogP contribution in [0.2, 0.25) is 0 Å². The Labute approximate surface area is 108 Å². The van der Waals surface area contributed by atoms with E-state index in [0.717, 1.165) is 36.8 Å². The lowest BCUT2D eigenvalue weighted by Gasteiger charge is -2.25. The molecule has 0 aromatic rings.